The van der Waals surface area contributed by atoms with Crippen LogP contribution >= 0.6 is 0 Å². The minimum absolute atomic E-state index is 0.0324. The van der Waals surface area contributed by atoms with E-state index in [1.165, 1.54) is 11.1 Å². The van der Waals surface area contributed by atoms with E-state index in [4.69, 9.17) is 4.52 Å². The molecule has 0 unspecified atom stereocenters. The first-order chi connectivity index (χ1) is 10.2. The van der Waals surface area contributed by atoms with Crippen molar-refractivity contribution in [2.75, 3.05) is 7.05 Å². The van der Waals surface area contributed by atoms with Gasteiger partial charge in [0, 0.05) is 19.4 Å². The van der Waals surface area contributed by atoms with E-state index in [-0.39, 0.29) is 11.8 Å². The van der Waals surface area contributed by atoms with Crippen LogP contribution in [0.25, 0.3) is 0 Å². The second kappa shape index (κ2) is 5.68. The maximum Gasteiger partial charge on any atom is 0.226 e. The third kappa shape index (κ3) is 2.82. The highest BCUT2D eigenvalue weighted by molar-refractivity contribution is 5.80. The molecule has 2 aromatic rings. The van der Waals surface area contributed by atoms with E-state index in [1.807, 2.05) is 19.1 Å². The SMILES string of the molecule is CCc1nc(CN(C)C(=O)C2Cc3ccccc3C2)no1. The van der Waals surface area contributed by atoms with Crippen LogP contribution in [0.3, 0.4) is 0 Å². The molecule has 1 aromatic heterocycles. The lowest BCUT2D eigenvalue weighted by molar-refractivity contribution is -0.134. The molecule has 21 heavy (non-hydrogen) atoms. The van der Waals surface area contributed by atoms with Gasteiger partial charge in [0.05, 0.1) is 6.54 Å². The molecule has 0 N–H and O–H groups in total. The molecule has 0 radical (unpaired) electrons. The largest absolute Gasteiger partial charge is 0.339 e. The van der Waals surface area contributed by atoms with Crippen molar-refractivity contribution >= 4 is 5.91 Å². The summed E-state index contributed by atoms with van der Waals surface area (Å²) in [7, 11) is 1.80. The van der Waals surface area contributed by atoms with Gasteiger partial charge in [-0.2, -0.15) is 4.98 Å². The van der Waals surface area contributed by atoms with E-state index < -0.39 is 0 Å². The average Bonchev–Trinajstić information content (AvgIpc) is 3.12. The molecule has 0 saturated carbocycles. The Morgan fingerprint density at radius 1 is 1.33 bits per heavy atom. The van der Waals surface area contributed by atoms with Crippen molar-refractivity contribution in [1.29, 1.82) is 0 Å². The first-order valence-corrected chi connectivity index (χ1v) is 7.30. The predicted molar refractivity (Wildman–Crippen MR) is 77.5 cm³/mol. The highest BCUT2D eigenvalue weighted by Gasteiger charge is 2.29. The maximum atomic E-state index is 12.5. The minimum atomic E-state index is 0.0324. The van der Waals surface area contributed by atoms with Gasteiger partial charge in [-0.15, -0.1) is 0 Å². The Morgan fingerprint density at radius 2 is 2.00 bits per heavy atom. The molecule has 1 aromatic carbocycles. The number of aromatic nitrogens is 2. The van der Waals surface area contributed by atoms with Gasteiger partial charge in [0.15, 0.2) is 5.82 Å². The van der Waals surface area contributed by atoms with E-state index in [2.05, 4.69) is 22.3 Å². The lowest BCUT2D eigenvalue weighted by atomic mass is 10.1. The summed E-state index contributed by atoms with van der Waals surface area (Å²) in [6.45, 7) is 2.36. The van der Waals surface area contributed by atoms with Crippen LogP contribution in [0.2, 0.25) is 0 Å². The topological polar surface area (TPSA) is 59.2 Å². The predicted octanol–water partition coefficient (Wildman–Crippen LogP) is 2.01. The summed E-state index contributed by atoms with van der Waals surface area (Å²) < 4.78 is 5.07. The summed E-state index contributed by atoms with van der Waals surface area (Å²) in [5.41, 5.74) is 2.58. The molecule has 5 nitrogen and oxygen atoms in total. The zero-order chi connectivity index (χ0) is 14.8. The first-order valence-electron chi connectivity index (χ1n) is 7.30. The number of carbonyl (C=O) groups is 1. The molecule has 0 spiro atoms. The van der Waals surface area contributed by atoms with Crippen LogP contribution in [0.4, 0.5) is 0 Å². The molecule has 110 valence electrons. The van der Waals surface area contributed by atoms with Gasteiger partial charge in [-0.25, -0.2) is 0 Å². The van der Waals surface area contributed by atoms with Gasteiger partial charge in [-0.1, -0.05) is 36.3 Å². The molecule has 1 heterocycles. The van der Waals surface area contributed by atoms with Crippen molar-refractivity contribution < 1.29 is 9.32 Å². The number of fused-ring (bicyclic) bond motifs is 1. The smallest absolute Gasteiger partial charge is 0.226 e. The number of amides is 1. The second-order valence-electron chi connectivity index (χ2n) is 5.53. The normalized spacial score (nSPS) is 14.2. The molecule has 0 atom stereocenters. The number of aryl methyl sites for hydroxylation is 1. The van der Waals surface area contributed by atoms with Crippen LogP contribution in [0, 0.1) is 5.92 Å². The molecule has 0 saturated heterocycles. The van der Waals surface area contributed by atoms with Crippen molar-refractivity contribution in [3.05, 3.63) is 47.1 Å². The molecule has 5 heteroatoms. The summed E-state index contributed by atoms with van der Waals surface area (Å²) in [6.07, 6.45) is 2.36. The van der Waals surface area contributed by atoms with Crippen molar-refractivity contribution in [1.82, 2.24) is 15.0 Å². The second-order valence-corrected chi connectivity index (χ2v) is 5.53. The third-order valence-electron chi connectivity index (χ3n) is 3.97. The van der Waals surface area contributed by atoms with Crippen molar-refractivity contribution in [3.8, 4) is 0 Å². The van der Waals surface area contributed by atoms with E-state index in [0.717, 1.165) is 12.8 Å². The molecule has 3 rings (SSSR count). The highest BCUT2D eigenvalue weighted by Crippen LogP contribution is 2.27. The average molecular weight is 285 g/mol. The van der Waals surface area contributed by atoms with E-state index in [0.29, 0.717) is 24.7 Å². The molecule has 0 fully saturated rings. The fourth-order valence-corrected chi connectivity index (χ4v) is 2.83. The van der Waals surface area contributed by atoms with Gasteiger partial charge < -0.3 is 9.42 Å². The summed E-state index contributed by atoms with van der Waals surface area (Å²) in [5.74, 6) is 1.36. The van der Waals surface area contributed by atoms with Gasteiger partial charge in [0.1, 0.15) is 0 Å². The molecule has 0 aliphatic heterocycles. The monoisotopic (exact) mass is 285 g/mol. The number of carbonyl (C=O) groups excluding carboxylic acids is 1. The van der Waals surface area contributed by atoms with Crippen LogP contribution in [0.5, 0.6) is 0 Å². The van der Waals surface area contributed by atoms with Crippen molar-refractivity contribution in [2.24, 2.45) is 5.92 Å². The molecular weight excluding hydrogens is 266 g/mol. The maximum absolute atomic E-state index is 12.5. The summed E-state index contributed by atoms with van der Waals surface area (Å²) in [5, 5.41) is 3.90. The number of hydrogen-bond donors (Lipinski definition) is 0. The Morgan fingerprint density at radius 3 is 2.57 bits per heavy atom. The Bertz CT molecular complexity index is 625. The summed E-state index contributed by atoms with van der Waals surface area (Å²) in [4.78, 5) is 18.5. The minimum Gasteiger partial charge on any atom is -0.339 e. The Balaban J connectivity index is 1.63. The quantitative estimate of drug-likeness (QED) is 0.862. The van der Waals surface area contributed by atoms with Crippen LogP contribution < -0.4 is 0 Å². The first kappa shape index (κ1) is 13.8. The van der Waals surface area contributed by atoms with Crippen molar-refractivity contribution in [3.63, 3.8) is 0 Å². The van der Waals surface area contributed by atoms with E-state index >= 15 is 0 Å². The van der Waals surface area contributed by atoms with E-state index in [9.17, 15) is 4.79 Å². The molecule has 1 aliphatic carbocycles. The lowest BCUT2D eigenvalue weighted by Crippen LogP contribution is -2.33. The van der Waals surface area contributed by atoms with Gasteiger partial charge in [0.25, 0.3) is 0 Å². The van der Waals surface area contributed by atoms with Crippen molar-refractivity contribution in [2.45, 2.75) is 32.7 Å². The molecule has 1 amide bonds. The fourth-order valence-electron chi connectivity index (χ4n) is 2.83. The fraction of sp³-hybridized carbons (Fsp3) is 0.438. The lowest BCUT2D eigenvalue weighted by Gasteiger charge is -2.19. The zero-order valence-electron chi connectivity index (χ0n) is 12.4. The van der Waals surface area contributed by atoms with Gasteiger partial charge in [-0.3, -0.25) is 4.79 Å². The zero-order valence-corrected chi connectivity index (χ0v) is 12.4. The number of nitrogens with zero attached hydrogens (tertiary/aromatic N) is 3. The standard InChI is InChI=1S/C16H19N3O2/c1-3-15-17-14(18-21-15)10-19(2)16(20)13-8-11-6-4-5-7-12(11)9-13/h4-7,13H,3,8-10H2,1-2H3. The highest BCUT2D eigenvalue weighted by atomic mass is 16.5. The van der Waals surface area contributed by atoms with Crippen LogP contribution in [-0.2, 0) is 30.6 Å². The van der Waals surface area contributed by atoms with Crippen LogP contribution in [0.15, 0.2) is 28.8 Å². The summed E-state index contributed by atoms with van der Waals surface area (Å²) >= 11 is 0. The molecule has 0 bridgehead atoms. The van der Waals surface area contributed by atoms with Crippen LogP contribution in [0.1, 0.15) is 29.8 Å². The number of rotatable bonds is 4. The molecule has 1 aliphatic rings. The number of benzene rings is 1. The number of hydrogen-bond acceptors (Lipinski definition) is 4. The van der Waals surface area contributed by atoms with E-state index in [1.54, 1.807) is 11.9 Å². The van der Waals surface area contributed by atoms with Gasteiger partial charge in [0.2, 0.25) is 11.8 Å². The Labute approximate surface area is 124 Å². The van der Waals surface area contributed by atoms with Crippen LogP contribution in [-0.4, -0.2) is 28.0 Å². The third-order valence-corrected chi connectivity index (χ3v) is 3.97. The molecular formula is C16H19N3O2. The Hall–Kier alpha value is -2.17. The van der Waals surface area contributed by atoms with Gasteiger partial charge in [-0.05, 0) is 24.0 Å². The van der Waals surface area contributed by atoms with Gasteiger partial charge >= 0.3 is 0 Å². The Kier molecular flexibility index (Phi) is 3.73. The summed E-state index contributed by atoms with van der Waals surface area (Å²) in [6, 6.07) is 8.27.